The first kappa shape index (κ1) is 12.9. The van der Waals surface area contributed by atoms with Crippen LogP contribution < -0.4 is 10.1 Å². The van der Waals surface area contributed by atoms with Gasteiger partial charge in [-0.15, -0.1) is 0 Å². The Bertz CT molecular complexity index is 454. The Kier molecular flexibility index (Phi) is 3.50. The van der Waals surface area contributed by atoms with E-state index in [2.05, 4.69) is 30.4 Å². The van der Waals surface area contributed by atoms with Gasteiger partial charge in [-0.2, -0.15) is 0 Å². The Morgan fingerprint density at radius 2 is 2.21 bits per heavy atom. The van der Waals surface area contributed by atoms with Gasteiger partial charge in [-0.1, -0.05) is 18.2 Å². The zero-order valence-corrected chi connectivity index (χ0v) is 11.6. The number of fused-ring (bicyclic) bond motifs is 1. The Hall–Kier alpha value is -1.06. The monoisotopic (exact) mass is 261 g/mol. The van der Waals surface area contributed by atoms with E-state index in [1.54, 1.807) is 0 Å². The highest BCUT2D eigenvalue weighted by Crippen LogP contribution is 2.36. The number of ether oxygens (including phenoxy) is 1. The summed E-state index contributed by atoms with van der Waals surface area (Å²) in [7, 11) is 0. The van der Waals surface area contributed by atoms with Gasteiger partial charge >= 0.3 is 0 Å². The van der Waals surface area contributed by atoms with Crippen LogP contribution in [-0.4, -0.2) is 23.9 Å². The summed E-state index contributed by atoms with van der Waals surface area (Å²) in [5.41, 5.74) is 1.99. The van der Waals surface area contributed by atoms with Gasteiger partial charge < -0.3 is 15.2 Å². The molecule has 3 rings (SSSR count). The van der Waals surface area contributed by atoms with Crippen molar-refractivity contribution >= 4 is 0 Å². The van der Waals surface area contributed by atoms with Gasteiger partial charge in [-0.3, -0.25) is 0 Å². The summed E-state index contributed by atoms with van der Waals surface area (Å²) < 4.78 is 5.88. The molecule has 1 aliphatic heterocycles. The van der Waals surface area contributed by atoms with E-state index in [1.807, 2.05) is 0 Å². The molecule has 1 aromatic carbocycles. The standard InChI is InChI=1S/C16H23NO2/c1-12-5-2-6-13-14(7-3-10-19-15(12)13)17-11-16(18)8-4-9-16/h2,5-6,14,17-18H,3-4,7-11H2,1H3. The highest BCUT2D eigenvalue weighted by atomic mass is 16.5. The predicted octanol–water partition coefficient (Wildman–Crippen LogP) is 2.71. The number of aryl methyl sites for hydroxylation is 1. The van der Waals surface area contributed by atoms with E-state index in [9.17, 15) is 5.11 Å². The minimum atomic E-state index is -0.461. The number of hydrogen-bond acceptors (Lipinski definition) is 3. The second-order valence-electron chi connectivity index (χ2n) is 6.00. The maximum Gasteiger partial charge on any atom is 0.126 e. The molecule has 1 saturated carbocycles. The number of aliphatic hydroxyl groups is 1. The molecule has 104 valence electrons. The van der Waals surface area contributed by atoms with Gasteiger partial charge in [0.15, 0.2) is 0 Å². The molecule has 1 fully saturated rings. The zero-order chi connectivity index (χ0) is 13.3. The molecule has 19 heavy (non-hydrogen) atoms. The minimum Gasteiger partial charge on any atom is -0.493 e. The van der Waals surface area contributed by atoms with Crippen molar-refractivity contribution in [3.63, 3.8) is 0 Å². The van der Waals surface area contributed by atoms with Gasteiger partial charge in [0.25, 0.3) is 0 Å². The molecule has 0 saturated heterocycles. The van der Waals surface area contributed by atoms with Crippen LogP contribution in [0.4, 0.5) is 0 Å². The highest BCUT2D eigenvalue weighted by molar-refractivity contribution is 5.43. The summed E-state index contributed by atoms with van der Waals surface area (Å²) in [5.74, 6) is 1.04. The van der Waals surface area contributed by atoms with Crippen LogP contribution in [0.5, 0.6) is 5.75 Å². The first-order valence-electron chi connectivity index (χ1n) is 7.36. The number of rotatable bonds is 3. The van der Waals surface area contributed by atoms with Gasteiger partial charge in [-0.25, -0.2) is 0 Å². The molecular weight excluding hydrogens is 238 g/mol. The van der Waals surface area contributed by atoms with E-state index >= 15 is 0 Å². The van der Waals surface area contributed by atoms with Gasteiger partial charge in [-0.05, 0) is 44.6 Å². The van der Waals surface area contributed by atoms with Crippen LogP contribution in [0.3, 0.4) is 0 Å². The zero-order valence-electron chi connectivity index (χ0n) is 11.6. The van der Waals surface area contributed by atoms with Crippen LogP contribution in [0, 0.1) is 6.92 Å². The molecule has 0 aromatic heterocycles. The molecule has 1 unspecified atom stereocenters. The van der Waals surface area contributed by atoms with Gasteiger partial charge in [0, 0.05) is 18.2 Å². The molecule has 3 heteroatoms. The maximum atomic E-state index is 10.2. The first-order valence-corrected chi connectivity index (χ1v) is 7.36. The van der Waals surface area contributed by atoms with E-state index in [-0.39, 0.29) is 0 Å². The second-order valence-corrected chi connectivity index (χ2v) is 6.00. The lowest BCUT2D eigenvalue weighted by atomic mass is 9.80. The SMILES string of the molecule is Cc1cccc2c1OCCCC2NCC1(O)CCC1. The van der Waals surface area contributed by atoms with Gasteiger partial charge in [0.05, 0.1) is 12.2 Å². The van der Waals surface area contributed by atoms with Gasteiger partial charge in [0.1, 0.15) is 5.75 Å². The van der Waals surface area contributed by atoms with Crippen molar-refractivity contribution in [1.29, 1.82) is 0 Å². The highest BCUT2D eigenvalue weighted by Gasteiger charge is 2.35. The van der Waals surface area contributed by atoms with E-state index in [4.69, 9.17) is 4.74 Å². The smallest absolute Gasteiger partial charge is 0.126 e. The molecule has 0 spiro atoms. The van der Waals surface area contributed by atoms with Crippen LogP contribution in [0.25, 0.3) is 0 Å². The van der Waals surface area contributed by atoms with E-state index in [0.717, 1.165) is 44.5 Å². The van der Waals surface area contributed by atoms with Crippen molar-refractivity contribution in [2.75, 3.05) is 13.2 Å². The summed E-state index contributed by atoms with van der Waals surface area (Å²) in [6, 6.07) is 6.65. The van der Waals surface area contributed by atoms with Crippen molar-refractivity contribution in [1.82, 2.24) is 5.32 Å². The molecule has 1 aliphatic carbocycles. The van der Waals surface area contributed by atoms with Crippen LogP contribution in [0.2, 0.25) is 0 Å². The topological polar surface area (TPSA) is 41.5 Å². The molecular formula is C16H23NO2. The summed E-state index contributed by atoms with van der Waals surface area (Å²) in [6.07, 6.45) is 5.16. The molecule has 2 N–H and O–H groups in total. The molecule has 1 aromatic rings. The van der Waals surface area contributed by atoms with Gasteiger partial charge in [0.2, 0.25) is 0 Å². The molecule has 0 radical (unpaired) electrons. The van der Waals surface area contributed by atoms with Crippen LogP contribution >= 0.6 is 0 Å². The molecule has 0 amide bonds. The van der Waals surface area contributed by atoms with Crippen molar-refractivity contribution < 1.29 is 9.84 Å². The van der Waals surface area contributed by atoms with Crippen molar-refractivity contribution in [3.8, 4) is 5.75 Å². The first-order chi connectivity index (χ1) is 9.18. The Labute approximate surface area is 115 Å². The average Bonchev–Trinajstić information content (AvgIpc) is 2.58. The number of benzene rings is 1. The molecule has 1 heterocycles. The Morgan fingerprint density at radius 3 is 2.95 bits per heavy atom. The Morgan fingerprint density at radius 1 is 1.37 bits per heavy atom. The van der Waals surface area contributed by atoms with Crippen molar-refractivity contribution in [2.45, 2.75) is 50.7 Å². The number of nitrogens with one attached hydrogen (secondary N) is 1. The fourth-order valence-corrected chi connectivity index (χ4v) is 3.05. The van der Waals surface area contributed by atoms with Crippen molar-refractivity contribution in [3.05, 3.63) is 29.3 Å². The molecule has 0 bridgehead atoms. The molecule has 3 nitrogen and oxygen atoms in total. The quantitative estimate of drug-likeness (QED) is 0.879. The largest absolute Gasteiger partial charge is 0.493 e. The normalized spacial score (nSPS) is 24.8. The van der Waals surface area contributed by atoms with E-state index in [1.165, 1.54) is 11.1 Å². The number of para-hydroxylation sites is 1. The fraction of sp³-hybridized carbons (Fsp3) is 0.625. The number of hydrogen-bond donors (Lipinski definition) is 2. The summed E-state index contributed by atoms with van der Waals surface area (Å²) >= 11 is 0. The van der Waals surface area contributed by atoms with Crippen molar-refractivity contribution in [2.24, 2.45) is 0 Å². The third-order valence-corrected chi connectivity index (χ3v) is 4.46. The fourth-order valence-electron chi connectivity index (χ4n) is 3.05. The van der Waals surface area contributed by atoms with Crippen LogP contribution in [-0.2, 0) is 0 Å². The maximum absolute atomic E-state index is 10.2. The summed E-state index contributed by atoms with van der Waals surface area (Å²) in [4.78, 5) is 0. The van der Waals surface area contributed by atoms with E-state index < -0.39 is 5.60 Å². The second kappa shape index (κ2) is 5.14. The molecule has 1 atom stereocenters. The average molecular weight is 261 g/mol. The lowest BCUT2D eigenvalue weighted by Gasteiger charge is -2.38. The third kappa shape index (κ3) is 2.63. The molecule has 2 aliphatic rings. The minimum absolute atomic E-state index is 0.307. The predicted molar refractivity (Wildman–Crippen MR) is 75.5 cm³/mol. The summed E-state index contributed by atoms with van der Waals surface area (Å²) in [5, 5.41) is 13.8. The lowest BCUT2D eigenvalue weighted by molar-refractivity contribution is -0.0334. The van der Waals surface area contributed by atoms with Crippen LogP contribution in [0.1, 0.15) is 49.3 Å². The lowest BCUT2D eigenvalue weighted by Crippen LogP contribution is -2.47. The van der Waals surface area contributed by atoms with E-state index in [0.29, 0.717) is 12.6 Å². The Balaban J connectivity index is 1.76. The third-order valence-electron chi connectivity index (χ3n) is 4.46. The summed E-state index contributed by atoms with van der Waals surface area (Å²) in [6.45, 7) is 3.59. The van der Waals surface area contributed by atoms with Crippen LogP contribution in [0.15, 0.2) is 18.2 Å².